The topological polar surface area (TPSA) is 38.3 Å². The Morgan fingerprint density at radius 1 is 1.05 bits per heavy atom. The van der Waals surface area contributed by atoms with Gasteiger partial charge in [-0.15, -0.1) is 0 Å². The van der Waals surface area contributed by atoms with Crippen LogP contribution in [0.3, 0.4) is 0 Å². The number of hydrogen-bond acceptors (Lipinski definition) is 2. The second-order valence-corrected chi connectivity index (χ2v) is 4.58. The lowest BCUT2D eigenvalue weighted by Gasteiger charge is -2.17. The fourth-order valence-corrected chi connectivity index (χ4v) is 2.01. The van der Waals surface area contributed by atoms with Gasteiger partial charge in [-0.05, 0) is 17.5 Å². The van der Waals surface area contributed by atoms with Gasteiger partial charge >= 0.3 is 6.09 Å². The van der Waals surface area contributed by atoms with Crippen molar-refractivity contribution in [1.82, 2.24) is 5.32 Å². The Hall–Kier alpha value is -2.29. The van der Waals surface area contributed by atoms with Gasteiger partial charge in [-0.1, -0.05) is 67.6 Å². The first-order valence-electron chi connectivity index (χ1n) is 6.81. The maximum absolute atomic E-state index is 11.8. The summed E-state index contributed by atoms with van der Waals surface area (Å²) in [6.07, 6.45) is 0.439. The Morgan fingerprint density at radius 2 is 1.65 bits per heavy atom. The van der Waals surface area contributed by atoms with Crippen LogP contribution < -0.4 is 5.32 Å². The Labute approximate surface area is 119 Å². The van der Waals surface area contributed by atoms with E-state index in [1.54, 1.807) is 0 Å². The molecule has 0 unspecified atom stereocenters. The second-order valence-electron chi connectivity index (χ2n) is 4.58. The van der Waals surface area contributed by atoms with Crippen molar-refractivity contribution >= 4 is 6.09 Å². The fraction of sp³-hybridized carbons (Fsp3) is 0.235. The molecule has 2 aromatic rings. The summed E-state index contributed by atoms with van der Waals surface area (Å²) in [6, 6.07) is 19.5. The van der Waals surface area contributed by atoms with E-state index in [0.29, 0.717) is 0 Å². The van der Waals surface area contributed by atoms with Crippen molar-refractivity contribution in [2.24, 2.45) is 0 Å². The summed E-state index contributed by atoms with van der Waals surface area (Å²) in [5, 5.41) is 2.89. The molecule has 1 atom stereocenters. The summed E-state index contributed by atoms with van der Waals surface area (Å²) in [5.41, 5.74) is 2.07. The number of carbonyl (C=O) groups excluding carboxylic acids is 1. The molecule has 0 aliphatic heterocycles. The van der Waals surface area contributed by atoms with Crippen molar-refractivity contribution < 1.29 is 9.53 Å². The van der Waals surface area contributed by atoms with Crippen LogP contribution in [0.1, 0.15) is 30.5 Å². The van der Waals surface area contributed by atoms with Gasteiger partial charge in [0.15, 0.2) is 0 Å². The minimum atomic E-state index is -0.385. The fourth-order valence-electron chi connectivity index (χ4n) is 2.01. The maximum Gasteiger partial charge on any atom is 0.407 e. The van der Waals surface area contributed by atoms with Crippen molar-refractivity contribution in [3.63, 3.8) is 0 Å². The van der Waals surface area contributed by atoms with Crippen molar-refractivity contribution in [3.05, 3.63) is 71.8 Å². The summed E-state index contributed by atoms with van der Waals surface area (Å²) < 4.78 is 5.23. The van der Waals surface area contributed by atoms with Gasteiger partial charge < -0.3 is 10.1 Å². The van der Waals surface area contributed by atoms with Crippen LogP contribution in [-0.2, 0) is 11.3 Å². The molecule has 0 spiro atoms. The van der Waals surface area contributed by atoms with Gasteiger partial charge in [0.2, 0.25) is 0 Å². The molecule has 104 valence electrons. The van der Waals surface area contributed by atoms with Gasteiger partial charge in [-0.2, -0.15) is 0 Å². The maximum atomic E-state index is 11.8. The molecule has 1 N–H and O–H groups in total. The minimum Gasteiger partial charge on any atom is -0.445 e. The Balaban J connectivity index is 1.87. The number of nitrogens with one attached hydrogen (secondary N) is 1. The van der Waals surface area contributed by atoms with Crippen molar-refractivity contribution in [3.8, 4) is 0 Å². The van der Waals surface area contributed by atoms with E-state index in [9.17, 15) is 4.79 Å². The highest BCUT2D eigenvalue weighted by Gasteiger charge is 2.12. The smallest absolute Gasteiger partial charge is 0.407 e. The molecule has 0 aromatic heterocycles. The third kappa shape index (κ3) is 4.12. The summed E-state index contributed by atoms with van der Waals surface area (Å²) in [5.74, 6) is 0. The third-order valence-electron chi connectivity index (χ3n) is 3.12. The minimum absolute atomic E-state index is 0.0144. The van der Waals surface area contributed by atoms with E-state index in [4.69, 9.17) is 4.74 Å². The summed E-state index contributed by atoms with van der Waals surface area (Å²) in [6.45, 7) is 2.33. The molecule has 0 fully saturated rings. The number of benzene rings is 2. The highest BCUT2D eigenvalue weighted by atomic mass is 16.5. The van der Waals surface area contributed by atoms with E-state index < -0.39 is 0 Å². The van der Waals surface area contributed by atoms with Gasteiger partial charge in [-0.25, -0.2) is 4.79 Å². The van der Waals surface area contributed by atoms with Crippen molar-refractivity contribution in [2.75, 3.05) is 0 Å². The predicted octanol–water partition coefficient (Wildman–Crippen LogP) is 4.06. The van der Waals surface area contributed by atoms with E-state index >= 15 is 0 Å². The lowest BCUT2D eigenvalue weighted by molar-refractivity contribution is 0.135. The highest BCUT2D eigenvalue weighted by Crippen LogP contribution is 2.16. The predicted molar refractivity (Wildman–Crippen MR) is 79.2 cm³/mol. The molecule has 0 aliphatic rings. The molecule has 20 heavy (non-hydrogen) atoms. The van der Waals surface area contributed by atoms with Crippen LogP contribution in [-0.4, -0.2) is 6.09 Å². The summed E-state index contributed by atoms with van der Waals surface area (Å²) in [4.78, 5) is 11.8. The van der Waals surface area contributed by atoms with Crippen LogP contribution in [0.25, 0.3) is 0 Å². The van der Waals surface area contributed by atoms with E-state index in [-0.39, 0.29) is 18.7 Å². The van der Waals surface area contributed by atoms with Gasteiger partial charge in [0.05, 0.1) is 6.04 Å². The molecule has 3 nitrogen and oxygen atoms in total. The largest absolute Gasteiger partial charge is 0.445 e. The number of alkyl carbamates (subject to hydrolysis) is 1. The molecule has 1 amide bonds. The average Bonchev–Trinajstić information content (AvgIpc) is 2.52. The van der Waals surface area contributed by atoms with Crippen LogP contribution in [0.4, 0.5) is 4.79 Å². The lowest BCUT2D eigenvalue weighted by Crippen LogP contribution is -2.28. The highest BCUT2D eigenvalue weighted by molar-refractivity contribution is 5.67. The van der Waals surface area contributed by atoms with Crippen LogP contribution in [0.5, 0.6) is 0 Å². The number of carbonyl (C=O) groups is 1. The van der Waals surface area contributed by atoms with Crippen molar-refractivity contribution in [2.45, 2.75) is 26.0 Å². The van der Waals surface area contributed by atoms with Gasteiger partial charge in [0.25, 0.3) is 0 Å². The summed E-state index contributed by atoms with van der Waals surface area (Å²) in [7, 11) is 0. The standard InChI is InChI=1S/C17H19NO2/c1-2-16(15-11-7-4-8-12-15)18-17(19)20-13-14-9-5-3-6-10-14/h3-12,16H,2,13H2,1H3,(H,18,19)/t16-/m0/s1. The zero-order valence-corrected chi connectivity index (χ0v) is 11.6. The molecule has 0 aliphatic carbocycles. The first kappa shape index (κ1) is 14.1. The van der Waals surface area contributed by atoms with Crippen molar-refractivity contribution in [1.29, 1.82) is 0 Å². The van der Waals surface area contributed by atoms with E-state index in [1.165, 1.54) is 0 Å². The molecule has 0 radical (unpaired) electrons. The van der Waals surface area contributed by atoms with Gasteiger partial charge in [-0.3, -0.25) is 0 Å². The number of ether oxygens (including phenoxy) is 1. The molecule has 0 bridgehead atoms. The van der Waals surface area contributed by atoms with E-state index in [2.05, 4.69) is 5.32 Å². The van der Waals surface area contributed by atoms with Crippen LogP contribution >= 0.6 is 0 Å². The van der Waals surface area contributed by atoms with E-state index in [0.717, 1.165) is 17.5 Å². The lowest BCUT2D eigenvalue weighted by atomic mass is 10.1. The Morgan fingerprint density at radius 3 is 2.25 bits per heavy atom. The van der Waals surface area contributed by atoms with Crippen LogP contribution in [0.15, 0.2) is 60.7 Å². The number of amides is 1. The molecule has 0 saturated carbocycles. The summed E-state index contributed by atoms with van der Waals surface area (Å²) >= 11 is 0. The van der Waals surface area contributed by atoms with Gasteiger partial charge in [0, 0.05) is 0 Å². The van der Waals surface area contributed by atoms with Crippen LogP contribution in [0, 0.1) is 0 Å². The molecule has 3 heteroatoms. The van der Waals surface area contributed by atoms with E-state index in [1.807, 2.05) is 67.6 Å². The van der Waals surface area contributed by atoms with Gasteiger partial charge in [0.1, 0.15) is 6.61 Å². The zero-order chi connectivity index (χ0) is 14.2. The Bertz CT molecular complexity index is 525. The first-order chi connectivity index (χ1) is 9.79. The quantitative estimate of drug-likeness (QED) is 0.888. The monoisotopic (exact) mass is 269 g/mol. The normalized spacial score (nSPS) is 11.7. The third-order valence-corrected chi connectivity index (χ3v) is 3.12. The molecular formula is C17H19NO2. The Kier molecular flexibility index (Phi) is 5.18. The first-order valence-corrected chi connectivity index (χ1v) is 6.81. The average molecular weight is 269 g/mol. The number of rotatable bonds is 5. The SMILES string of the molecule is CC[C@H](NC(=O)OCc1ccccc1)c1ccccc1. The second kappa shape index (κ2) is 7.34. The molecule has 2 aromatic carbocycles. The molecule has 2 rings (SSSR count). The van der Waals surface area contributed by atoms with Crippen LogP contribution in [0.2, 0.25) is 0 Å². The number of hydrogen-bond donors (Lipinski definition) is 1. The molecule has 0 heterocycles. The molecular weight excluding hydrogens is 250 g/mol. The molecule has 0 saturated heterocycles. The zero-order valence-electron chi connectivity index (χ0n) is 11.6.